The molecule has 0 aliphatic carbocycles. The summed E-state index contributed by atoms with van der Waals surface area (Å²) in [7, 11) is 1.59. The zero-order valence-corrected chi connectivity index (χ0v) is 11.8. The van der Waals surface area contributed by atoms with Gasteiger partial charge in [-0.15, -0.1) is 0 Å². The molecule has 0 saturated heterocycles. The minimum atomic E-state index is -0.928. The molecule has 0 aromatic carbocycles. The minimum absolute atomic E-state index is 0.387. The van der Waals surface area contributed by atoms with Crippen LogP contribution >= 0.6 is 0 Å². The second kappa shape index (κ2) is 9.08. The summed E-state index contributed by atoms with van der Waals surface area (Å²) in [6.07, 6.45) is 4.95. The van der Waals surface area contributed by atoms with Crippen LogP contribution in [-0.4, -0.2) is 47.4 Å². The second-order valence-corrected chi connectivity index (χ2v) is 4.26. The first-order valence-corrected chi connectivity index (χ1v) is 6.60. The standard InChI is InChI=1S/C13H21N3O4/c1-3-6-20-12-9-14-8-11(16-12)15-10(13(17)18)5-4-7-19-2/h8-10H,3-7H2,1-2H3,(H,15,16)(H,17,18). The molecule has 1 aromatic rings. The molecular formula is C13H21N3O4. The average Bonchev–Trinajstić information content (AvgIpc) is 2.44. The van der Waals surface area contributed by atoms with E-state index in [1.54, 1.807) is 7.11 Å². The van der Waals surface area contributed by atoms with E-state index in [-0.39, 0.29) is 0 Å². The number of aliphatic carboxylic acids is 1. The number of carbonyl (C=O) groups is 1. The highest BCUT2D eigenvalue weighted by Gasteiger charge is 2.17. The molecule has 0 aliphatic rings. The molecule has 0 bridgehead atoms. The van der Waals surface area contributed by atoms with E-state index in [9.17, 15) is 4.79 Å². The van der Waals surface area contributed by atoms with Crippen molar-refractivity contribution in [2.45, 2.75) is 32.2 Å². The normalized spacial score (nSPS) is 11.9. The molecule has 0 spiro atoms. The highest BCUT2D eigenvalue weighted by molar-refractivity contribution is 5.76. The lowest BCUT2D eigenvalue weighted by atomic mass is 10.1. The van der Waals surface area contributed by atoms with Crippen molar-refractivity contribution in [2.75, 3.05) is 25.6 Å². The molecule has 1 aromatic heterocycles. The van der Waals surface area contributed by atoms with E-state index in [0.29, 0.717) is 37.8 Å². The molecule has 0 saturated carbocycles. The van der Waals surface area contributed by atoms with Gasteiger partial charge in [-0.3, -0.25) is 4.98 Å². The number of carboxylic acid groups (broad SMARTS) is 1. The number of methoxy groups -OCH3 is 1. The summed E-state index contributed by atoms with van der Waals surface area (Å²) >= 11 is 0. The molecule has 1 heterocycles. The van der Waals surface area contributed by atoms with Crippen LogP contribution < -0.4 is 10.1 Å². The highest BCUT2D eigenvalue weighted by atomic mass is 16.5. The van der Waals surface area contributed by atoms with Crippen molar-refractivity contribution in [3.8, 4) is 5.88 Å². The Morgan fingerprint density at radius 2 is 2.25 bits per heavy atom. The summed E-state index contributed by atoms with van der Waals surface area (Å²) < 4.78 is 10.3. The number of aromatic nitrogens is 2. The van der Waals surface area contributed by atoms with E-state index in [4.69, 9.17) is 14.6 Å². The molecule has 1 unspecified atom stereocenters. The van der Waals surface area contributed by atoms with Gasteiger partial charge in [-0.1, -0.05) is 6.92 Å². The van der Waals surface area contributed by atoms with Crippen molar-refractivity contribution in [3.63, 3.8) is 0 Å². The average molecular weight is 283 g/mol. The maximum absolute atomic E-state index is 11.2. The lowest BCUT2D eigenvalue weighted by molar-refractivity contribution is -0.138. The fourth-order valence-corrected chi connectivity index (χ4v) is 1.56. The van der Waals surface area contributed by atoms with Crippen LogP contribution in [0.5, 0.6) is 5.88 Å². The van der Waals surface area contributed by atoms with Crippen LogP contribution in [0.1, 0.15) is 26.2 Å². The van der Waals surface area contributed by atoms with E-state index in [2.05, 4.69) is 15.3 Å². The third-order valence-corrected chi connectivity index (χ3v) is 2.53. The first kappa shape index (κ1) is 16.2. The van der Waals surface area contributed by atoms with Crippen molar-refractivity contribution < 1.29 is 19.4 Å². The molecule has 1 rings (SSSR count). The van der Waals surface area contributed by atoms with Crippen LogP contribution in [0.15, 0.2) is 12.4 Å². The zero-order chi connectivity index (χ0) is 14.8. The van der Waals surface area contributed by atoms with Gasteiger partial charge in [-0.2, -0.15) is 4.98 Å². The van der Waals surface area contributed by atoms with Gasteiger partial charge < -0.3 is 19.9 Å². The predicted molar refractivity (Wildman–Crippen MR) is 74.0 cm³/mol. The summed E-state index contributed by atoms with van der Waals surface area (Å²) in [4.78, 5) is 19.3. The molecule has 20 heavy (non-hydrogen) atoms. The number of ether oxygens (including phenoxy) is 2. The van der Waals surface area contributed by atoms with Crippen LogP contribution in [0.2, 0.25) is 0 Å². The Hall–Kier alpha value is -1.89. The smallest absolute Gasteiger partial charge is 0.326 e. The molecule has 0 radical (unpaired) electrons. The molecular weight excluding hydrogens is 262 g/mol. The molecule has 1 atom stereocenters. The summed E-state index contributed by atoms with van der Waals surface area (Å²) in [5.74, 6) is -0.149. The van der Waals surface area contributed by atoms with Crippen LogP contribution in [0.25, 0.3) is 0 Å². The molecule has 7 heteroatoms. The van der Waals surface area contributed by atoms with Gasteiger partial charge in [-0.25, -0.2) is 4.79 Å². The summed E-state index contributed by atoms with van der Waals surface area (Å²) in [6.45, 7) is 3.07. The van der Waals surface area contributed by atoms with Gasteiger partial charge in [0.1, 0.15) is 11.9 Å². The van der Waals surface area contributed by atoms with Gasteiger partial charge in [0.05, 0.1) is 19.0 Å². The number of hydrogen-bond donors (Lipinski definition) is 2. The Morgan fingerprint density at radius 1 is 1.45 bits per heavy atom. The zero-order valence-electron chi connectivity index (χ0n) is 11.8. The number of anilines is 1. The van der Waals surface area contributed by atoms with E-state index < -0.39 is 12.0 Å². The van der Waals surface area contributed by atoms with E-state index in [1.807, 2.05) is 6.92 Å². The predicted octanol–water partition coefficient (Wildman–Crippen LogP) is 1.56. The first-order valence-electron chi connectivity index (χ1n) is 6.60. The second-order valence-electron chi connectivity index (χ2n) is 4.26. The van der Waals surface area contributed by atoms with E-state index in [0.717, 1.165) is 6.42 Å². The van der Waals surface area contributed by atoms with E-state index >= 15 is 0 Å². The SMILES string of the molecule is CCCOc1cncc(NC(CCCOC)C(=O)O)n1. The quantitative estimate of drug-likeness (QED) is 0.629. The monoisotopic (exact) mass is 283 g/mol. The maximum atomic E-state index is 11.2. The number of rotatable bonds is 10. The van der Waals surface area contributed by atoms with Crippen molar-refractivity contribution in [1.82, 2.24) is 9.97 Å². The van der Waals surface area contributed by atoms with Crippen molar-refractivity contribution in [1.29, 1.82) is 0 Å². The lowest BCUT2D eigenvalue weighted by Gasteiger charge is -2.15. The van der Waals surface area contributed by atoms with Gasteiger partial charge in [-0.05, 0) is 19.3 Å². The molecule has 0 amide bonds. The van der Waals surface area contributed by atoms with Crippen LogP contribution in [-0.2, 0) is 9.53 Å². The third kappa shape index (κ3) is 5.83. The topological polar surface area (TPSA) is 93.6 Å². The van der Waals surface area contributed by atoms with Crippen LogP contribution in [0, 0.1) is 0 Å². The summed E-state index contributed by atoms with van der Waals surface area (Å²) in [5.41, 5.74) is 0. The number of carboxylic acids is 1. The number of nitrogens with zero attached hydrogens (tertiary/aromatic N) is 2. The highest BCUT2D eigenvalue weighted by Crippen LogP contribution is 2.12. The van der Waals surface area contributed by atoms with Crippen LogP contribution in [0.4, 0.5) is 5.82 Å². The maximum Gasteiger partial charge on any atom is 0.326 e. The lowest BCUT2D eigenvalue weighted by Crippen LogP contribution is -2.30. The van der Waals surface area contributed by atoms with E-state index in [1.165, 1.54) is 12.4 Å². The third-order valence-electron chi connectivity index (χ3n) is 2.53. The number of hydrogen-bond acceptors (Lipinski definition) is 6. The van der Waals surface area contributed by atoms with Crippen molar-refractivity contribution in [2.24, 2.45) is 0 Å². The van der Waals surface area contributed by atoms with Gasteiger partial charge in [0.2, 0.25) is 5.88 Å². The van der Waals surface area contributed by atoms with Gasteiger partial charge in [0.15, 0.2) is 0 Å². The van der Waals surface area contributed by atoms with Gasteiger partial charge in [0, 0.05) is 13.7 Å². The molecule has 0 aliphatic heterocycles. The van der Waals surface area contributed by atoms with Crippen molar-refractivity contribution >= 4 is 11.8 Å². The Bertz CT molecular complexity index is 414. The number of nitrogens with one attached hydrogen (secondary N) is 1. The van der Waals surface area contributed by atoms with Crippen LogP contribution in [0.3, 0.4) is 0 Å². The minimum Gasteiger partial charge on any atom is -0.480 e. The fourth-order valence-electron chi connectivity index (χ4n) is 1.56. The largest absolute Gasteiger partial charge is 0.480 e. The molecule has 2 N–H and O–H groups in total. The first-order chi connectivity index (χ1) is 9.67. The Labute approximate surface area is 118 Å². The van der Waals surface area contributed by atoms with Crippen molar-refractivity contribution in [3.05, 3.63) is 12.4 Å². The summed E-state index contributed by atoms with van der Waals surface area (Å²) in [5, 5.41) is 12.0. The molecule has 7 nitrogen and oxygen atoms in total. The van der Waals surface area contributed by atoms with Gasteiger partial charge >= 0.3 is 5.97 Å². The Morgan fingerprint density at radius 3 is 2.90 bits per heavy atom. The Balaban J connectivity index is 2.60. The molecule has 112 valence electrons. The molecule has 0 fully saturated rings. The fraction of sp³-hybridized carbons (Fsp3) is 0.615. The van der Waals surface area contributed by atoms with Gasteiger partial charge in [0.25, 0.3) is 0 Å². The summed E-state index contributed by atoms with van der Waals surface area (Å²) in [6, 6.07) is -0.721. The Kier molecular flexibility index (Phi) is 7.34.